The zero-order chi connectivity index (χ0) is 12.6. The predicted octanol–water partition coefficient (Wildman–Crippen LogP) is 2.48. The molecule has 0 N–H and O–H groups in total. The molecule has 0 fully saturated rings. The Bertz CT molecular complexity index is 478. The second-order valence-corrected chi connectivity index (χ2v) is 4.67. The molecule has 0 saturated carbocycles. The Morgan fingerprint density at radius 1 is 1.41 bits per heavy atom. The molecule has 0 spiro atoms. The van der Waals surface area contributed by atoms with Gasteiger partial charge in [0.2, 0.25) is 5.78 Å². The van der Waals surface area contributed by atoms with E-state index in [-0.39, 0.29) is 5.78 Å². The predicted molar refractivity (Wildman–Crippen MR) is 64.0 cm³/mol. The maximum Gasteiger partial charge on any atom is 0.303 e. The van der Waals surface area contributed by atoms with Crippen LogP contribution in [0.3, 0.4) is 0 Å². The van der Waals surface area contributed by atoms with Crippen LogP contribution < -0.4 is 0 Å². The topological polar surface area (TPSA) is 43.4 Å². The van der Waals surface area contributed by atoms with Crippen molar-refractivity contribution in [1.82, 2.24) is 0 Å². The number of ether oxygens (including phenoxy) is 1. The molecule has 0 aromatic heterocycles. The van der Waals surface area contributed by atoms with Gasteiger partial charge in [0.25, 0.3) is 0 Å². The fraction of sp³-hybridized carbons (Fsp3) is 0.429. The summed E-state index contributed by atoms with van der Waals surface area (Å²) in [6.45, 7) is 5.32. The summed E-state index contributed by atoms with van der Waals surface area (Å²) in [5, 5.41) is 0. The van der Waals surface area contributed by atoms with Crippen LogP contribution in [-0.2, 0) is 14.9 Å². The quantitative estimate of drug-likeness (QED) is 0.736. The van der Waals surface area contributed by atoms with E-state index in [9.17, 15) is 9.59 Å². The van der Waals surface area contributed by atoms with Crippen LogP contribution in [0.15, 0.2) is 24.3 Å². The van der Waals surface area contributed by atoms with Gasteiger partial charge in [-0.3, -0.25) is 9.59 Å². The number of esters is 1. The Kier molecular flexibility index (Phi) is 2.77. The van der Waals surface area contributed by atoms with E-state index in [2.05, 4.69) is 0 Å². The smallest absolute Gasteiger partial charge is 0.303 e. The van der Waals surface area contributed by atoms with E-state index in [1.165, 1.54) is 6.92 Å². The lowest BCUT2D eigenvalue weighted by atomic mass is 9.79. The molecule has 3 heteroatoms. The average Bonchev–Trinajstić information content (AvgIpc) is 2.53. The van der Waals surface area contributed by atoms with Crippen molar-refractivity contribution in [1.29, 1.82) is 0 Å². The SMILES string of the molecule is CCC1(C)c2ccccc2C(=O)C1OC(C)=O. The Morgan fingerprint density at radius 3 is 2.65 bits per heavy atom. The van der Waals surface area contributed by atoms with Gasteiger partial charge in [-0.1, -0.05) is 38.1 Å². The molecule has 0 amide bonds. The fourth-order valence-corrected chi connectivity index (χ4v) is 2.49. The van der Waals surface area contributed by atoms with E-state index in [1.807, 2.05) is 32.0 Å². The fourth-order valence-electron chi connectivity index (χ4n) is 2.49. The summed E-state index contributed by atoms with van der Waals surface area (Å²) >= 11 is 0. The Balaban J connectivity index is 2.52. The molecule has 2 rings (SSSR count). The summed E-state index contributed by atoms with van der Waals surface area (Å²) < 4.78 is 5.22. The van der Waals surface area contributed by atoms with Gasteiger partial charge in [0, 0.05) is 17.9 Å². The molecular weight excluding hydrogens is 216 g/mol. The van der Waals surface area contributed by atoms with E-state index in [1.54, 1.807) is 6.07 Å². The van der Waals surface area contributed by atoms with Crippen LogP contribution in [0.2, 0.25) is 0 Å². The highest BCUT2D eigenvalue weighted by atomic mass is 16.5. The molecule has 3 nitrogen and oxygen atoms in total. The van der Waals surface area contributed by atoms with Crippen molar-refractivity contribution in [2.24, 2.45) is 0 Å². The van der Waals surface area contributed by atoms with Gasteiger partial charge in [0.05, 0.1) is 0 Å². The zero-order valence-electron chi connectivity index (χ0n) is 10.3. The van der Waals surface area contributed by atoms with Gasteiger partial charge in [0.15, 0.2) is 6.10 Å². The van der Waals surface area contributed by atoms with Crippen LogP contribution in [0.5, 0.6) is 0 Å². The van der Waals surface area contributed by atoms with E-state index < -0.39 is 17.5 Å². The number of ketones is 1. The standard InChI is InChI=1S/C14H16O3/c1-4-14(3)11-8-6-5-7-10(11)12(16)13(14)17-9(2)15/h5-8,13H,4H2,1-3H3. The Hall–Kier alpha value is -1.64. The minimum absolute atomic E-state index is 0.0832. The highest BCUT2D eigenvalue weighted by molar-refractivity contribution is 6.06. The number of fused-ring (bicyclic) bond motifs is 1. The van der Waals surface area contributed by atoms with Crippen molar-refractivity contribution in [2.75, 3.05) is 0 Å². The molecular formula is C14H16O3. The normalized spacial score (nSPS) is 26.8. The lowest BCUT2D eigenvalue weighted by molar-refractivity contribution is -0.146. The van der Waals surface area contributed by atoms with Crippen molar-refractivity contribution in [2.45, 2.75) is 38.7 Å². The Labute approximate surface area is 101 Å². The molecule has 0 bridgehead atoms. The maximum atomic E-state index is 12.2. The third kappa shape index (κ3) is 1.66. The number of rotatable bonds is 2. The molecule has 17 heavy (non-hydrogen) atoms. The summed E-state index contributed by atoms with van der Waals surface area (Å²) in [6, 6.07) is 7.49. The lowest BCUT2D eigenvalue weighted by Crippen LogP contribution is -2.38. The van der Waals surface area contributed by atoms with Crippen molar-refractivity contribution < 1.29 is 14.3 Å². The zero-order valence-corrected chi connectivity index (χ0v) is 10.3. The molecule has 1 aliphatic rings. The van der Waals surface area contributed by atoms with Gasteiger partial charge in [-0.25, -0.2) is 0 Å². The second-order valence-electron chi connectivity index (χ2n) is 4.67. The minimum atomic E-state index is -0.678. The number of benzene rings is 1. The number of Topliss-reactive ketones (excluding diaryl/α,β-unsaturated/α-hetero) is 1. The van der Waals surface area contributed by atoms with Crippen LogP contribution in [0, 0.1) is 0 Å². The van der Waals surface area contributed by atoms with Gasteiger partial charge < -0.3 is 4.74 Å². The highest BCUT2D eigenvalue weighted by Crippen LogP contribution is 2.42. The van der Waals surface area contributed by atoms with Gasteiger partial charge in [-0.2, -0.15) is 0 Å². The molecule has 90 valence electrons. The van der Waals surface area contributed by atoms with Gasteiger partial charge in [-0.05, 0) is 12.0 Å². The minimum Gasteiger partial charge on any atom is -0.453 e. The Morgan fingerprint density at radius 2 is 2.06 bits per heavy atom. The molecule has 2 unspecified atom stereocenters. The monoisotopic (exact) mass is 232 g/mol. The average molecular weight is 232 g/mol. The molecule has 0 heterocycles. The van der Waals surface area contributed by atoms with E-state index in [0.717, 1.165) is 12.0 Å². The molecule has 0 aliphatic heterocycles. The van der Waals surface area contributed by atoms with Crippen LogP contribution >= 0.6 is 0 Å². The lowest BCUT2D eigenvalue weighted by Gasteiger charge is -2.29. The van der Waals surface area contributed by atoms with Gasteiger partial charge in [-0.15, -0.1) is 0 Å². The number of carbonyl (C=O) groups excluding carboxylic acids is 2. The van der Waals surface area contributed by atoms with E-state index in [0.29, 0.717) is 5.56 Å². The molecule has 0 saturated heterocycles. The molecule has 0 radical (unpaired) electrons. The highest BCUT2D eigenvalue weighted by Gasteiger charge is 2.49. The summed E-state index contributed by atoms with van der Waals surface area (Å²) in [5.41, 5.74) is 1.26. The third-order valence-corrected chi connectivity index (χ3v) is 3.64. The van der Waals surface area contributed by atoms with Crippen LogP contribution in [0.25, 0.3) is 0 Å². The molecule has 2 atom stereocenters. The van der Waals surface area contributed by atoms with Crippen molar-refractivity contribution >= 4 is 11.8 Å². The van der Waals surface area contributed by atoms with E-state index in [4.69, 9.17) is 4.74 Å². The molecule has 1 aromatic carbocycles. The molecule has 1 aromatic rings. The second kappa shape index (κ2) is 3.99. The summed E-state index contributed by atoms with van der Waals surface area (Å²) in [4.78, 5) is 23.4. The summed E-state index contributed by atoms with van der Waals surface area (Å²) in [5.74, 6) is -0.490. The maximum absolute atomic E-state index is 12.2. The molecule has 1 aliphatic carbocycles. The van der Waals surface area contributed by atoms with Crippen LogP contribution in [0.4, 0.5) is 0 Å². The first-order chi connectivity index (χ1) is 8.00. The van der Waals surface area contributed by atoms with E-state index >= 15 is 0 Å². The van der Waals surface area contributed by atoms with Crippen molar-refractivity contribution in [3.05, 3.63) is 35.4 Å². The third-order valence-electron chi connectivity index (χ3n) is 3.64. The first-order valence-electron chi connectivity index (χ1n) is 5.81. The van der Waals surface area contributed by atoms with Crippen LogP contribution in [-0.4, -0.2) is 17.9 Å². The summed E-state index contributed by atoms with van der Waals surface area (Å²) in [6.07, 6.45) is 0.0793. The van der Waals surface area contributed by atoms with Gasteiger partial charge in [0.1, 0.15) is 0 Å². The summed E-state index contributed by atoms with van der Waals surface area (Å²) in [7, 11) is 0. The number of hydrogen-bond donors (Lipinski definition) is 0. The van der Waals surface area contributed by atoms with Gasteiger partial charge >= 0.3 is 5.97 Å². The number of hydrogen-bond acceptors (Lipinski definition) is 3. The van der Waals surface area contributed by atoms with Crippen molar-refractivity contribution in [3.63, 3.8) is 0 Å². The largest absolute Gasteiger partial charge is 0.453 e. The first kappa shape index (κ1) is 11.8. The first-order valence-corrected chi connectivity index (χ1v) is 5.81. The van der Waals surface area contributed by atoms with Crippen LogP contribution in [0.1, 0.15) is 43.1 Å². The van der Waals surface area contributed by atoms with Crippen molar-refractivity contribution in [3.8, 4) is 0 Å². The number of carbonyl (C=O) groups is 2.